The number of fused-ring (bicyclic) bond motifs is 10. The van der Waals surface area contributed by atoms with Crippen LogP contribution in [0.25, 0.3) is 80.7 Å². The summed E-state index contributed by atoms with van der Waals surface area (Å²) in [5.41, 5.74) is 7.91. The lowest BCUT2D eigenvalue weighted by molar-refractivity contribution is 0.669. The van der Waals surface area contributed by atoms with E-state index in [4.69, 9.17) is 4.42 Å². The molecule has 0 amide bonds. The molecule has 3 aromatic heterocycles. The van der Waals surface area contributed by atoms with Crippen molar-refractivity contribution in [3.8, 4) is 29.0 Å². The van der Waals surface area contributed by atoms with Gasteiger partial charge in [0.15, 0.2) is 0 Å². The predicted molar refractivity (Wildman–Crippen MR) is 176 cm³/mol. The maximum Gasteiger partial charge on any atom is 0.135 e. The van der Waals surface area contributed by atoms with E-state index in [1.807, 2.05) is 47.7 Å². The number of rotatable bonds is 2. The SMILES string of the molecule is N#Cc1ccc(-c2ccc3oc4ccc(C#N)cc4c3c2)c(-n2c3ccccc3c3ccc4c5ccccc5sc4c32)c1. The molecule has 0 fully saturated rings. The van der Waals surface area contributed by atoms with Gasteiger partial charge in [-0.3, -0.25) is 0 Å². The molecule has 0 aliphatic carbocycles. The van der Waals surface area contributed by atoms with Gasteiger partial charge in [0.05, 0.1) is 44.7 Å². The van der Waals surface area contributed by atoms with E-state index in [0.717, 1.165) is 49.8 Å². The molecule has 0 N–H and O–H groups in total. The van der Waals surface area contributed by atoms with E-state index in [9.17, 15) is 10.5 Å². The Morgan fingerprint density at radius 3 is 2.14 bits per heavy atom. The first-order valence-electron chi connectivity index (χ1n) is 14.0. The average molecular weight is 566 g/mol. The van der Waals surface area contributed by atoms with Gasteiger partial charge in [0.25, 0.3) is 0 Å². The highest BCUT2D eigenvalue weighted by Crippen LogP contribution is 2.44. The number of para-hydroxylation sites is 1. The fourth-order valence-corrected chi connectivity index (χ4v) is 7.77. The molecule has 0 saturated heterocycles. The van der Waals surface area contributed by atoms with Gasteiger partial charge >= 0.3 is 0 Å². The Morgan fingerprint density at radius 2 is 1.28 bits per heavy atom. The second-order valence-corrected chi connectivity index (χ2v) is 11.8. The molecular formula is C38H19N3OS. The molecule has 0 spiro atoms. The van der Waals surface area contributed by atoms with E-state index >= 15 is 0 Å². The summed E-state index contributed by atoms with van der Waals surface area (Å²) in [6, 6.07) is 43.8. The third-order valence-corrected chi connectivity index (χ3v) is 9.65. The van der Waals surface area contributed by atoms with Gasteiger partial charge in [-0.05, 0) is 60.2 Å². The molecule has 6 aromatic carbocycles. The predicted octanol–water partition coefficient (Wildman–Crippen LogP) is 10.5. The lowest BCUT2D eigenvalue weighted by atomic mass is 9.99. The summed E-state index contributed by atoms with van der Waals surface area (Å²) in [5, 5.41) is 26.2. The maximum atomic E-state index is 10.00. The van der Waals surface area contributed by atoms with Gasteiger partial charge in [-0.2, -0.15) is 10.5 Å². The van der Waals surface area contributed by atoms with E-state index in [0.29, 0.717) is 11.1 Å². The Labute approximate surface area is 249 Å². The van der Waals surface area contributed by atoms with Crippen LogP contribution in [0.1, 0.15) is 11.1 Å². The Balaban J connectivity index is 1.41. The second kappa shape index (κ2) is 8.81. The van der Waals surface area contributed by atoms with Gasteiger partial charge in [0, 0.05) is 42.6 Å². The third kappa shape index (κ3) is 3.35. The van der Waals surface area contributed by atoms with Crippen molar-refractivity contribution in [3.05, 3.63) is 126 Å². The molecule has 5 heteroatoms. The standard InChI is InChI=1S/C38H19N3OS/c39-20-22-10-15-34-30(17-22)31-19-24(11-16-35(31)42-34)25-12-9-23(21-40)18-33(25)41-32-7-3-1-5-26(32)28-13-14-29-27-6-2-4-8-36(27)43-38(29)37(28)41/h1-19H. The number of nitriles is 2. The molecule has 0 unspecified atom stereocenters. The first-order chi connectivity index (χ1) is 21.2. The molecule has 0 bridgehead atoms. The highest BCUT2D eigenvalue weighted by Gasteiger charge is 2.20. The minimum atomic E-state index is 0.595. The van der Waals surface area contributed by atoms with E-state index < -0.39 is 0 Å². The lowest BCUT2D eigenvalue weighted by Gasteiger charge is -2.15. The Morgan fingerprint density at radius 1 is 0.581 bits per heavy atom. The average Bonchev–Trinajstić information content (AvgIpc) is 3.73. The number of thiophene rings is 1. The number of nitrogens with zero attached hydrogens (tertiary/aromatic N) is 3. The first kappa shape index (κ1) is 23.8. The van der Waals surface area contributed by atoms with Crippen LogP contribution in [0.15, 0.2) is 120 Å². The van der Waals surface area contributed by atoms with Crippen molar-refractivity contribution >= 4 is 75.3 Å². The van der Waals surface area contributed by atoms with Crippen LogP contribution in [0.2, 0.25) is 0 Å². The van der Waals surface area contributed by atoms with Gasteiger partial charge in [0.2, 0.25) is 0 Å². The van der Waals surface area contributed by atoms with Crippen LogP contribution < -0.4 is 0 Å². The Bertz CT molecular complexity index is 2710. The molecule has 0 saturated carbocycles. The summed E-state index contributed by atoms with van der Waals surface area (Å²) >= 11 is 1.81. The largest absolute Gasteiger partial charge is 0.456 e. The van der Waals surface area contributed by atoms with Crippen LogP contribution in [0.4, 0.5) is 0 Å². The van der Waals surface area contributed by atoms with Crippen molar-refractivity contribution in [1.29, 1.82) is 10.5 Å². The normalized spacial score (nSPS) is 11.7. The first-order valence-corrected chi connectivity index (χ1v) is 14.8. The third-order valence-electron chi connectivity index (χ3n) is 8.46. The molecule has 0 radical (unpaired) electrons. The van der Waals surface area contributed by atoms with Crippen molar-refractivity contribution in [2.75, 3.05) is 0 Å². The zero-order valence-corrected chi connectivity index (χ0v) is 23.4. The molecule has 9 aromatic rings. The quantitative estimate of drug-likeness (QED) is 0.209. The molecule has 9 rings (SSSR count). The van der Waals surface area contributed by atoms with Crippen LogP contribution in [-0.4, -0.2) is 4.57 Å². The second-order valence-electron chi connectivity index (χ2n) is 10.8. The van der Waals surface area contributed by atoms with Crippen LogP contribution >= 0.6 is 11.3 Å². The van der Waals surface area contributed by atoms with E-state index in [1.165, 1.54) is 30.9 Å². The van der Waals surface area contributed by atoms with Crippen molar-refractivity contribution < 1.29 is 4.42 Å². The van der Waals surface area contributed by atoms with Crippen LogP contribution in [0, 0.1) is 22.7 Å². The van der Waals surface area contributed by atoms with Crippen molar-refractivity contribution in [2.45, 2.75) is 0 Å². The maximum absolute atomic E-state index is 10.00. The van der Waals surface area contributed by atoms with Gasteiger partial charge < -0.3 is 8.98 Å². The van der Waals surface area contributed by atoms with Crippen molar-refractivity contribution in [3.63, 3.8) is 0 Å². The van der Waals surface area contributed by atoms with Gasteiger partial charge in [-0.15, -0.1) is 11.3 Å². The summed E-state index contributed by atoms with van der Waals surface area (Å²) in [5.74, 6) is 0. The van der Waals surface area contributed by atoms with Crippen LogP contribution in [0.3, 0.4) is 0 Å². The van der Waals surface area contributed by atoms with Crippen LogP contribution in [-0.2, 0) is 0 Å². The van der Waals surface area contributed by atoms with Crippen molar-refractivity contribution in [1.82, 2.24) is 4.57 Å². The number of hydrogen-bond donors (Lipinski definition) is 0. The zero-order chi connectivity index (χ0) is 28.7. The number of benzene rings is 6. The molecule has 0 aliphatic rings. The lowest BCUT2D eigenvalue weighted by Crippen LogP contribution is -1.98. The molecule has 4 nitrogen and oxygen atoms in total. The van der Waals surface area contributed by atoms with E-state index in [2.05, 4.69) is 89.5 Å². The molecule has 0 aliphatic heterocycles. The summed E-state index contributed by atoms with van der Waals surface area (Å²) in [6.07, 6.45) is 0. The topological polar surface area (TPSA) is 65.7 Å². The monoisotopic (exact) mass is 565 g/mol. The highest BCUT2D eigenvalue weighted by atomic mass is 32.1. The number of hydrogen-bond acceptors (Lipinski definition) is 4. The van der Waals surface area contributed by atoms with Crippen molar-refractivity contribution in [2.24, 2.45) is 0 Å². The molecule has 0 atom stereocenters. The number of furan rings is 1. The van der Waals surface area contributed by atoms with Gasteiger partial charge in [-0.25, -0.2) is 0 Å². The Kier molecular flexibility index (Phi) is 4.87. The minimum absolute atomic E-state index is 0.595. The van der Waals surface area contributed by atoms with Gasteiger partial charge in [0.1, 0.15) is 11.2 Å². The fourth-order valence-electron chi connectivity index (χ4n) is 6.53. The summed E-state index contributed by atoms with van der Waals surface area (Å²) in [4.78, 5) is 0. The smallest absolute Gasteiger partial charge is 0.135 e. The molecular weight excluding hydrogens is 547 g/mol. The highest BCUT2D eigenvalue weighted by molar-refractivity contribution is 7.26. The molecule has 43 heavy (non-hydrogen) atoms. The molecule has 198 valence electrons. The minimum Gasteiger partial charge on any atom is -0.456 e. The Hall–Kier alpha value is -5.88. The van der Waals surface area contributed by atoms with Crippen LogP contribution in [0.5, 0.6) is 0 Å². The molecule has 3 heterocycles. The fraction of sp³-hybridized carbons (Fsp3) is 0. The summed E-state index contributed by atoms with van der Waals surface area (Å²) in [7, 11) is 0. The van der Waals surface area contributed by atoms with E-state index in [-0.39, 0.29) is 0 Å². The zero-order valence-electron chi connectivity index (χ0n) is 22.6. The summed E-state index contributed by atoms with van der Waals surface area (Å²) in [6.45, 7) is 0. The van der Waals surface area contributed by atoms with E-state index in [1.54, 1.807) is 6.07 Å². The summed E-state index contributed by atoms with van der Waals surface area (Å²) < 4.78 is 10.9. The number of aromatic nitrogens is 1. The van der Waals surface area contributed by atoms with Gasteiger partial charge in [-0.1, -0.05) is 60.7 Å².